The van der Waals surface area contributed by atoms with Gasteiger partial charge in [0, 0.05) is 55.7 Å². The van der Waals surface area contributed by atoms with E-state index in [1.807, 2.05) is 17.0 Å². The fourth-order valence-electron chi connectivity index (χ4n) is 5.59. The highest BCUT2D eigenvalue weighted by Crippen LogP contribution is 2.38. The number of halogens is 2. The van der Waals surface area contributed by atoms with Gasteiger partial charge in [-0.2, -0.15) is 9.19 Å². The lowest BCUT2D eigenvalue weighted by Crippen LogP contribution is -2.58. The summed E-state index contributed by atoms with van der Waals surface area (Å²) in [4.78, 5) is 21.6. The molecule has 0 saturated carbocycles. The number of carbonyl (C=O) groups excluding carboxylic acids is 1. The van der Waals surface area contributed by atoms with Crippen LogP contribution in [0, 0.1) is 11.6 Å². The number of hydrogen-bond acceptors (Lipinski definition) is 8. The maximum absolute atomic E-state index is 15.3. The third-order valence-corrected chi connectivity index (χ3v) is 8.12. The van der Waals surface area contributed by atoms with E-state index in [-0.39, 0.29) is 11.6 Å². The van der Waals surface area contributed by atoms with Crippen molar-refractivity contribution in [2.75, 3.05) is 12.8 Å². The van der Waals surface area contributed by atoms with Gasteiger partial charge in [-0.1, -0.05) is 6.07 Å². The molecule has 41 heavy (non-hydrogen) atoms. The largest absolute Gasteiger partial charge is 0.444 e. The molecule has 1 saturated heterocycles. The van der Waals surface area contributed by atoms with Crippen molar-refractivity contribution in [1.29, 1.82) is 0 Å². The Kier molecular flexibility index (Phi) is 7.88. The Morgan fingerprint density at radius 3 is 2.61 bits per heavy atom. The van der Waals surface area contributed by atoms with Crippen molar-refractivity contribution in [3.63, 3.8) is 0 Å². The number of ether oxygens (including phenoxy) is 1. The Bertz CT molecular complexity index is 1500. The van der Waals surface area contributed by atoms with Crippen LogP contribution in [-0.2, 0) is 34.4 Å². The standard InChI is InChI=1S/C28H34F2N6O4S/c1-28(2,3)40-27(37)32-24-12-21(34-13-18-14-36(41(4,38)39)33-25(18)17-34)16-35(15-20-7-5-6-10-31-20)26(24)22-11-19(29)8-9-23(22)30/h5-11,14,21,24,26H,12-13,15-17H2,1-4H3,(H,32,37)/t21-,24+,26-/m1/s1. The molecule has 10 nitrogen and oxygen atoms in total. The first kappa shape index (κ1) is 29.1. The maximum Gasteiger partial charge on any atom is 0.407 e. The second-order valence-corrected chi connectivity index (χ2v) is 13.5. The summed E-state index contributed by atoms with van der Waals surface area (Å²) in [6.45, 7) is 6.92. The van der Waals surface area contributed by atoms with Crippen molar-refractivity contribution in [2.24, 2.45) is 0 Å². The van der Waals surface area contributed by atoms with Crippen LogP contribution in [0.25, 0.3) is 0 Å². The molecular formula is C28H34F2N6O4S. The van der Waals surface area contributed by atoms with Crippen LogP contribution in [0.4, 0.5) is 13.6 Å². The Morgan fingerprint density at radius 2 is 1.95 bits per heavy atom. The summed E-state index contributed by atoms with van der Waals surface area (Å²) in [6.07, 6.45) is 4.06. The minimum atomic E-state index is -3.50. The molecule has 2 aliphatic heterocycles. The Balaban J connectivity index is 1.49. The molecule has 1 aromatic carbocycles. The zero-order valence-electron chi connectivity index (χ0n) is 23.4. The first-order chi connectivity index (χ1) is 19.3. The smallest absolute Gasteiger partial charge is 0.407 e. The molecule has 220 valence electrons. The average molecular weight is 589 g/mol. The fraction of sp³-hybridized carbons (Fsp3) is 0.464. The van der Waals surface area contributed by atoms with Crippen LogP contribution in [0.2, 0.25) is 0 Å². The number of likely N-dealkylation sites (tertiary alicyclic amines) is 1. The Hall–Kier alpha value is -3.42. The fourth-order valence-corrected chi connectivity index (χ4v) is 6.16. The van der Waals surface area contributed by atoms with Gasteiger partial charge < -0.3 is 10.1 Å². The molecule has 1 N–H and O–H groups in total. The number of alkyl carbamates (subject to hydrolysis) is 1. The van der Waals surface area contributed by atoms with E-state index in [1.165, 1.54) is 12.3 Å². The number of nitrogens with one attached hydrogen (secondary N) is 1. The third kappa shape index (κ3) is 6.74. The van der Waals surface area contributed by atoms with Crippen LogP contribution in [0.1, 0.15) is 55.7 Å². The number of amides is 1. The van der Waals surface area contributed by atoms with Crippen LogP contribution in [0.3, 0.4) is 0 Å². The minimum Gasteiger partial charge on any atom is -0.444 e. The summed E-state index contributed by atoms with van der Waals surface area (Å²) in [7, 11) is -3.50. The molecule has 1 fully saturated rings. The van der Waals surface area contributed by atoms with E-state index in [1.54, 1.807) is 33.0 Å². The Morgan fingerprint density at radius 1 is 1.17 bits per heavy atom. The number of piperidine rings is 1. The van der Waals surface area contributed by atoms with E-state index in [4.69, 9.17) is 4.74 Å². The van der Waals surface area contributed by atoms with Crippen molar-refractivity contribution in [3.8, 4) is 0 Å². The normalized spacial score (nSPS) is 22.0. The van der Waals surface area contributed by atoms with Gasteiger partial charge >= 0.3 is 6.09 Å². The van der Waals surface area contributed by atoms with Gasteiger partial charge in [0.15, 0.2) is 0 Å². The predicted molar refractivity (Wildman–Crippen MR) is 147 cm³/mol. The number of carbonyl (C=O) groups is 1. The zero-order chi connectivity index (χ0) is 29.5. The van der Waals surface area contributed by atoms with Gasteiger partial charge in [-0.05, 0) is 57.5 Å². The number of pyridine rings is 1. The molecule has 0 aliphatic carbocycles. The van der Waals surface area contributed by atoms with Gasteiger partial charge in [0.2, 0.25) is 0 Å². The second kappa shape index (κ2) is 11.1. The molecule has 2 aliphatic rings. The lowest BCUT2D eigenvalue weighted by atomic mass is 9.86. The topological polar surface area (TPSA) is 110 Å². The molecule has 4 heterocycles. The monoisotopic (exact) mass is 588 g/mol. The van der Waals surface area contributed by atoms with Crippen molar-refractivity contribution < 1.29 is 26.7 Å². The van der Waals surface area contributed by atoms with Crippen molar-refractivity contribution in [1.82, 2.24) is 29.3 Å². The zero-order valence-corrected chi connectivity index (χ0v) is 24.2. The van der Waals surface area contributed by atoms with Gasteiger partial charge in [0.25, 0.3) is 10.0 Å². The minimum absolute atomic E-state index is 0.132. The van der Waals surface area contributed by atoms with Crippen LogP contribution in [0.15, 0.2) is 48.8 Å². The summed E-state index contributed by atoms with van der Waals surface area (Å²) in [5.74, 6) is -1.15. The van der Waals surface area contributed by atoms with Crippen LogP contribution in [-0.4, -0.2) is 69.0 Å². The molecule has 3 atom stereocenters. The molecule has 2 aromatic heterocycles. The maximum atomic E-state index is 15.3. The van der Waals surface area contributed by atoms with E-state index < -0.39 is 45.4 Å². The number of fused-ring (bicyclic) bond motifs is 1. The summed E-state index contributed by atoms with van der Waals surface area (Å²) in [6, 6.07) is 7.37. The molecule has 0 radical (unpaired) electrons. The number of nitrogens with zero attached hydrogens (tertiary/aromatic N) is 5. The van der Waals surface area contributed by atoms with Gasteiger partial charge in [-0.3, -0.25) is 14.8 Å². The first-order valence-electron chi connectivity index (χ1n) is 13.4. The number of aromatic nitrogens is 3. The first-order valence-corrected chi connectivity index (χ1v) is 15.2. The molecule has 0 spiro atoms. The van der Waals surface area contributed by atoms with Crippen LogP contribution >= 0.6 is 0 Å². The summed E-state index contributed by atoms with van der Waals surface area (Å²) < 4.78 is 60.2. The summed E-state index contributed by atoms with van der Waals surface area (Å²) in [5, 5.41) is 7.21. The average Bonchev–Trinajstić information content (AvgIpc) is 3.45. The highest BCUT2D eigenvalue weighted by Gasteiger charge is 2.43. The summed E-state index contributed by atoms with van der Waals surface area (Å²) in [5.41, 5.74) is 1.59. The number of benzene rings is 1. The van der Waals surface area contributed by atoms with E-state index >= 15 is 4.39 Å². The quantitative estimate of drug-likeness (QED) is 0.466. The number of rotatable bonds is 6. The van der Waals surface area contributed by atoms with Gasteiger partial charge in [-0.25, -0.2) is 22.0 Å². The van der Waals surface area contributed by atoms with E-state index in [0.717, 1.165) is 33.7 Å². The lowest BCUT2D eigenvalue weighted by Gasteiger charge is -2.47. The summed E-state index contributed by atoms with van der Waals surface area (Å²) >= 11 is 0. The van der Waals surface area contributed by atoms with E-state index in [0.29, 0.717) is 38.3 Å². The molecule has 13 heteroatoms. The molecule has 0 bridgehead atoms. The van der Waals surface area contributed by atoms with Crippen LogP contribution < -0.4 is 5.32 Å². The SMILES string of the molecule is CC(C)(C)OC(=O)N[C@H]1C[C@@H](N2Cc3cn(S(C)(=O)=O)nc3C2)CN(Cc2ccccn2)[C@@H]1c1cc(F)ccc1F. The highest BCUT2D eigenvalue weighted by atomic mass is 32.2. The molecular weight excluding hydrogens is 554 g/mol. The van der Waals surface area contributed by atoms with Gasteiger partial charge in [0.05, 0.1) is 29.7 Å². The molecule has 0 unspecified atom stereocenters. The van der Waals surface area contributed by atoms with Crippen LogP contribution in [0.5, 0.6) is 0 Å². The van der Waals surface area contributed by atoms with E-state index in [9.17, 15) is 17.6 Å². The predicted octanol–water partition coefficient (Wildman–Crippen LogP) is 3.59. The highest BCUT2D eigenvalue weighted by molar-refractivity contribution is 7.89. The Labute approximate surface area is 238 Å². The van der Waals surface area contributed by atoms with Crippen molar-refractivity contribution >= 4 is 16.1 Å². The van der Waals surface area contributed by atoms with E-state index in [2.05, 4.69) is 20.3 Å². The number of hydrogen-bond donors (Lipinski definition) is 1. The van der Waals surface area contributed by atoms with Gasteiger partial charge in [-0.15, -0.1) is 0 Å². The second-order valence-electron chi connectivity index (χ2n) is 11.6. The van der Waals surface area contributed by atoms with Crippen molar-refractivity contribution in [3.05, 3.63) is 82.9 Å². The third-order valence-electron chi connectivity index (χ3n) is 7.25. The van der Waals surface area contributed by atoms with Crippen molar-refractivity contribution in [2.45, 2.75) is 70.6 Å². The molecule has 1 amide bonds. The molecule has 3 aromatic rings. The molecule has 5 rings (SSSR count). The lowest BCUT2D eigenvalue weighted by molar-refractivity contribution is 0.0129. The van der Waals surface area contributed by atoms with Gasteiger partial charge in [0.1, 0.15) is 17.2 Å².